The van der Waals surface area contributed by atoms with Gasteiger partial charge in [0.15, 0.2) is 16.7 Å². The second-order valence-electron chi connectivity index (χ2n) is 5.50. The van der Waals surface area contributed by atoms with Gasteiger partial charge in [-0.2, -0.15) is 0 Å². The molecule has 3 aromatic rings. The average molecular weight is 342 g/mol. The number of amides is 1. The maximum atomic E-state index is 12.2. The molecule has 0 aliphatic heterocycles. The molecule has 1 amide bonds. The lowest BCUT2D eigenvalue weighted by atomic mass is 10.1. The number of aromatic nitrogens is 3. The Balaban J connectivity index is 1.62. The van der Waals surface area contributed by atoms with E-state index in [1.54, 1.807) is 12.3 Å². The van der Waals surface area contributed by atoms with Gasteiger partial charge in [0.05, 0.1) is 12.0 Å². The van der Waals surface area contributed by atoms with E-state index in [0.29, 0.717) is 16.7 Å². The minimum absolute atomic E-state index is 0.0745. The SMILES string of the molecule is Cc1ccc(NC(=O)CSc2nnc(-c3ccco3)n2C)c(C)c1. The van der Waals surface area contributed by atoms with Crippen molar-refractivity contribution in [1.82, 2.24) is 14.8 Å². The molecule has 124 valence electrons. The summed E-state index contributed by atoms with van der Waals surface area (Å²) in [5.41, 5.74) is 3.05. The summed E-state index contributed by atoms with van der Waals surface area (Å²) in [6.45, 7) is 4.01. The molecule has 0 fully saturated rings. The van der Waals surface area contributed by atoms with E-state index in [-0.39, 0.29) is 11.7 Å². The lowest BCUT2D eigenvalue weighted by Crippen LogP contribution is -2.15. The number of hydrogen-bond donors (Lipinski definition) is 1. The van der Waals surface area contributed by atoms with Crippen molar-refractivity contribution in [2.45, 2.75) is 19.0 Å². The van der Waals surface area contributed by atoms with Gasteiger partial charge in [-0.05, 0) is 37.6 Å². The van der Waals surface area contributed by atoms with Gasteiger partial charge in [-0.1, -0.05) is 29.5 Å². The van der Waals surface area contributed by atoms with Crippen molar-refractivity contribution in [2.24, 2.45) is 7.05 Å². The Kier molecular flexibility index (Phi) is 4.71. The highest BCUT2D eigenvalue weighted by Gasteiger charge is 2.14. The van der Waals surface area contributed by atoms with Crippen LogP contribution >= 0.6 is 11.8 Å². The summed E-state index contributed by atoms with van der Waals surface area (Å²) in [7, 11) is 1.85. The Morgan fingerprint density at radius 2 is 2.12 bits per heavy atom. The summed E-state index contributed by atoms with van der Waals surface area (Å²) >= 11 is 1.34. The van der Waals surface area contributed by atoms with Crippen LogP contribution < -0.4 is 5.32 Å². The lowest BCUT2D eigenvalue weighted by molar-refractivity contribution is -0.113. The number of furan rings is 1. The summed E-state index contributed by atoms with van der Waals surface area (Å²) in [5, 5.41) is 11.8. The summed E-state index contributed by atoms with van der Waals surface area (Å²) in [6.07, 6.45) is 1.59. The third kappa shape index (κ3) is 3.51. The van der Waals surface area contributed by atoms with Crippen LogP contribution in [0.25, 0.3) is 11.6 Å². The van der Waals surface area contributed by atoms with E-state index in [9.17, 15) is 4.79 Å². The van der Waals surface area contributed by atoms with E-state index < -0.39 is 0 Å². The maximum Gasteiger partial charge on any atom is 0.234 e. The average Bonchev–Trinajstić information content (AvgIpc) is 3.18. The first kappa shape index (κ1) is 16.3. The summed E-state index contributed by atoms with van der Waals surface area (Å²) in [5.74, 6) is 1.47. The molecule has 0 saturated heterocycles. The predicted octanol–water partition coefficient (Wildman–Crippen LogP) is 3.42. The smallest absolute Gasteiger partial charge is 0.234 e. The highest BCUT2D eigenvalue weighted by molar-refractivity contribution is 7.99. The van der Waals surface area contributed by atoms with Gasteiger partial charge in [0.25, 0.3) is 0 Å². The first-order chi connectivity index (χ1) is 11.5. The number of benzene rings is 1. The number of thioether (sulfide) groups is 1. The molecule has 1 N–H and O–H groups in total. The number of carbonyl (C=O) groups excluding carboxylic acids is 1. The molecular weight excluding hydrogens is 324 g/mol. The normalized spacial score (nSPS) is 10.8. The van der Waals surface area contributed by atoms with Crippen LogP contribution in [-0.2, 0) is 11.8 Å². The molecule has 1 aromatic carbocycles. The molecular formula is C17H18N4O2S. The topological polar surface area (TPSA) is 73.0 Å². The van der Waals surface area contributed by atoms with Crippen LogP contribution in [0.4, 0.5) is 5.69 Å². The Bertz CT molecular complexity index is 856. The third-order valence-electron chi connectivity index (χ3n) is 3.56. The van der Waals surface area contributed by atoms with Crippen molar-refractivity contribution in [1.29, 1.82) is 0 Å². The highest BCUT2D eigenvalue weighted by atomic mass is 32.2. The molecule has 0 radical (unpaired) electrons. The number of nitrogens with one attached hydrogen (secondary N) is 1. The molecule has 3 rings (SSSR count). The lowest BCUT2D eigenvalue weighted by Gasteiger charge is -2.09. The van der Waals surface area contributed by atoms with Crippen LogP contribution in [0.1, 0.15) is 11.1 Å². The molecule has 0 aliphatic carbocycles. The summed E-state index contributed by atoms with van der Waals surface area (Å²) in [4.78, 5) is 12.2. The predicted molar refractivity (Wildman–Crippen MR) is 94.0 cm³/mol. The van der Waals surface area contributed by atoms with Crippen LogP contribution in [0.3, 0.4) is 0 Å². The van der Waals surface area contributed by atoms with Crippen LogP contribution in [0, 0.1) is 13.8 Å². The minimum Gasteiger partial charge on any atom is -0.461 e. The molecule has 6 nitrogen and oxygen atoms in total. The van der Waals surface area contributed by atoms with E-state index in [1.165, 1.54) is 17.3 Å². The van der Waals surface area contributed by atoms with Crippen LogP contribution in [-0.4, -0.2) is 26.4 Å². The van der Waals surface area contributed by atoms with E-state index in [2.05, 4.69) is 15.5 Å². The molecule has 2 heterocycles. The van der Waals surface area contributed by atoms with Crippen LogP contribution in [0.2, 0.25) is 0 Å². The van der Waals surface area contributed by atoms with E-state index >= 15 is 0 Å². The molecule has 0 saturated carbocycles. The summed E-state index contributed by atoms with van der Waals surface area (Å²) in [6, 6.07) is 9.57. The molecule has 24 heavy (non-hydrogen) atoms. The Morgan fingerprint density at radius 3 is 2.83 bits per heavy atom. The first-order valence-electron chi connectivity index (χ1n) is 7.48. The second-order valence-corrected chi connectivity index (χ2v) is 6.44. The van der Waals surface area contributed by atoms with Crippen molar-refractivity contribution >= 4 is 23.4 Å². The zero-order valence-electron chi connectivity index (χ0n) is 13.7. The zero-order chi connectivity index (χ0) is 17.1. The standard InChI is InChI=1S/C17H18N4O2S/c1-11-6-7-13(12(2)9-11)18-15(22)10-24-17-20-19-16(21(17)3)14-5-4-8-23-14/h4-9H,10H2,1-3H3,(H,18,22). The second kappa shape index (κ2) is 6.92. The Hall–Kier alpha value is -2.54. The van der Waals surface area contributed by atoms with E-state index in [0.717, 1.165) is 11.3 Å². The third-order valence-corrected chi connectivity index (χ3v) is 4.59. The number of anilines is 1. The van der Waals surface area contributed by atoms with Gasteiger partial charge in [0, 0.05) is 12.7 Å². The van der Waals surface area contributed by atoms with Gasteiger partial charge < -0.3 is 14.3 Å². The van der Waals surface area contributed by atoms with Crippen molar-refractivity contribution in [3.05, 3.63) is 47.7 Å². The molecule has 0 aliphatic rings. The molecule has 0 spiro atoms. The Morgan fingerprint density at radius 1 is 1.29 bits per heavy atom. The van der Waals surface area contributed by atoms with Gasteiger partial charge in [0.2, 0.25) is 5.91 Å². The van der Waals surface area contributed by atoms with Gasteiger partial charge in [0.1, 0.15) is 0 Å². The fourth-order valence-corrected chi connectivity index (χ4v) is 3.04. The maximum absolute atomic E-state index is 12.2. The number of carbonyl (C=O) groups is 1. The molecule has 0 unspecified atom stereocenters. The molecule has 0 atom stereocenters. The van der Waals surface area contributed by atoms with Gasteiger partial charge in [-0.3, -0.25) is 4.79 Å². The monoisotopic (exact) mass is 342 g/mol. The van der Waals surface area contributed by atoms with Crippen molar-refractivity contribution in [3.8, 4) is 11.6 Å². The largest absolute Gasteiger partial charge is 0.461 e. The van der Waals surface area contributed by atoms with Crippen LogP contribution in [0.15, 0.2) is 46.2 Å². The zero-order valence-corrected chi connectivity index (χ0v) is 14.6. The van der Waals surface area contributed by atoms with E-state index in [4.69, 9.17) is 4.42 Å². The molecule has 7 heteroatoms. The number of nitrogens with zero attached hydrogens (tertiary/aromatic N) is 3. The Labute approximate surface area is 144 Å². The number of hydrogen-bond acceptors (Lipinski definition) is 5. The van der Waals surface area contributed by atoms with Gasteiger partial charge >= 0.3 is 0 Å². The van der Waals surface area contributed by atoms with Gasteiger partial charge in [-0.25, -0.2) is 0 Å². The quantitative estimate of drug-likeness (QED) is 0.719. The van der Waals surface area contributed by atoms with Gasteiger partial charge in [-0.15, -0.1) is 10.2 Å². The first-order valence-corrected chi connectivity index (χ1v) is 8.46. The number of rotatable bonds is 5. The van der Waals surface area contributed by atoms with E-state index in [1.807, 2.05) is 49.7 Å². The molecule has 0 bridgehead atoms. The molecule has 2 aromatic heterocycles. The fourth-order valence-electron chi connectivity index (χ4n) is 2.33. The number of aryl methyl sites for hydroxylation is 2. The van der Waals surface area contributed by atoms with Crippen LogP contribution in [0.5, 0.6) is 0 Å². The van der Waals surface area contributed by atoms with Crippen molar-refractivity contribution in [2.75, 3.05) is 11.1 Å². The van der Waals surface area contributed by atoms with Crippen molar-refractivity contribution < 1.29 is 9.21 Å². The minimum atomic E-state index is -0.0745. The summed E-state index contributed by atoms with van der Waals surface area (Å²) < 4.78 is 7.14. The fraction of sp³-hybridized carbons (Fsp3) is 0.235. The van der Waals surface area contributed by atoms with Crippen molar-refractivity contribution in [3.63, 3.8) is 0 Å². The highest BCUT2D eigenvalue weighted by Crippen LogP contribution is 2.23.